The summed E-state index contributed by atoms with van der Waals surface area (Å²) in [7, 11) is 1.64. The van der Waals surface area contributed by atoms with Gasteiger partial charge in [0.2, 0.25) is 0 Å². The van der Waals surface area contributed by atoms with Gasteiger partial charge in [0.1, 0.15) is 5.75 Å². The molecular weight excluding hydrogens is 685 g/mol. The number of rotatable bonds is 8. The van der Waals surface area contributed by atoms with E-state index in [9.17, 15) is 15.0 Å². The number of nitrogens with zero attached hydrogens (tertiary/aromatic N) is 1. The number of carbonyl (C=O) groups excluding carboxylic acids is 2. The van der Waals surface area contributed by atoms with E-state index in [-0.39, 0.29) is 39.9 Å². The fraction of sp³-hybridized carbons (Fsp3) is 0.625. The molecule has 3 N–H and O–H groups in total. The average Bonchev–Trinajstić information content (AvgIpc) is 3.43. The first kappa shape index (κ1) is 36.0. The molecule has 2 spiro atoms. The maximum atomic E-state index is 15.0. The van der Waals surface area contributed by atoms with Crippen molar-refractivity contribution in [3.63, 3.8) is 0 Å². The van der Waals surface area contributed by atoms with Gasteiger partial charge in [0.25, 0.3) is 0 Å². The smallest absolute Gasteiger partial charge is 0.321 e. The lowest BCUT2D eigenvalue weighted by atomic mass is 9.32. The fourth-order valence-corrected chi connectivity index (χ4v) is 15.6. The third kappa shape index (κ3) is 5.13. The van der Waals surface area contributed by atoms with Crippen molar-refractivity contribution in [3.05, 3.63) is 84.0 Å². The van der Waals surface area contributed by atoms with Crippen LogP contribution in [0.15, 0.2) is 78.4 Å². The molecule has 0 radical (unpaired) electrons. The number of anilines is 1. The van der Waals surface area contributed by atoms with Crippen molar-refractivity contribution in [2.75, 3.05) is 25.5 Å². The predicted molar refractivity (Wildman–Crippen MR) is 214 cm³/mol. The van der Waals surface area contributed by atoms with E-state index in [0.29, 0.717) is 37.2 Å². The number of aliphatic hydroxyl groups excluding tert-OH is 1. The summed E-state index contributed by atoms with van der Waals surface area (Å²) in [6.07, 6.45) is 19.7. The second-order valence-corrected chi connectivity index (χ2v) is 20.4. The Bertz CT molecular complexity index is 1900. The van der Waals surface area contributed by atoms with E-state index in [1.54, 1.807) is 7.11 Å². The number of amides is 2. The van der Waals surface area contributed by atoms with Gasteiger partial charge in [0, 0.05) is 39.6 Å². The van der Waals surface area contributed by atoms with Gasteiger partial charge in [-0.2, -0.15) is 0 Å². The highest BCUT2D eigenvalue weighted by atomic mass is 16.5. The predicted octanol–water partition coefficient (Wildman–Crippen LogP) is 9.22. The zero-order valence-electron chi connectivity index (χ0n) is 33.1. The molecule has 12 rings (SSSR count). The number of para-hydroxylation sites is 1. The third-order valence-corrected chi connectivity index (χ3v) is 17.8. The monoisotopic (exact) mass is 744 g/mol. The Morgan fingerprint density at radius 3 is 2.11 bits per heavy atom. The molecule has 55 heavy (non-hydrogen) atoms. The van der Waals surface area contributed by atoms with Crippen LogP contribution in [-0.4, -0.2) is 58.8 Å². The van der Waals surface area contributed by atoms with Crippen molar-refractivity contribution in [1.82, 2.24) is 4.90 Å². The standard InChI is InChI=1S/C48H60N2O5/c1-43-16-13-36(51)27-46(43)19-20-48(38(28-46)41(52)34-9-11-37(55-3)12-10-34)39(43)14-17-44(2)40(48)15-18-47(44,54)30-50(42(53)49-35-7-5-4-6-8-35)29-45-24-31-21-32(25-45)23-33(22-31)26-45/h4-12,19-20,28,31-33,36,39-40,51,54H,13-18,21-27,29-30H2,1-3H3,(H,49,53)/t31?,32?,33?,36?,39-,40-,43-,44+,45?,46+,47-,48-/m1/s1. The summed E-state index contributed by atoms with van der Waals surface area (Å²) < 4.78 is 5.45. The van der Waals surface area contributed by atoms with Crippen LogP contribution in [0.3, 0.4) is 0 Å². The first-order valence-corrected chi connectivity index (χ1v) is 21.5. The number of Topliss-reactive ketones (excluding diaryl/α,β-unsaturated/α-hetero) is 1. The Kier molecular flexibility index (Phi) is 8.04. The lowest BCUT2D eigenvalue weighted by Crippen LogP contribution is -2.67. The molecule has 6 bridgehead atoms. The molecule has 1 unspecified atom stereocenters. The highest BCUT2D eigenvalue weighted by Crippen LogP contribution is 2.78. The SMILES string of the molecule is COc1ccc(C(=O)C2=C[C@@]34C=C[C@@]25[C@@H]2CC[C@@](O)(CN(CC67CC8CC(CC(C8)C6)C7)C(=O)Nc6ccccc6)[C@@]2(C)CC[C@@H]5[C@@]3(C)CCC(O)C4)cc1. The van der Waals surface area contributed by atoms with Crippen molar-refractivity contribution in [2.24, 2.45) is 56.7 Å². The minimum absolute atomic E-state index is 0.0222. The van der Waals surface area contributed by atoms with Crippen LogP contribution < -0.4 is 10.1 Å². The van der Waals surface area contributed by atoms with E-state index in [2.05, 4.69) is 37.4 Å². The number of allylic oxidation sites excluding steroid dienone is 4. The van der Waals surface area contributed by atoms with Crippen molar-refractivity contribution in [3.8, 4) is 5.75 Å². The lowest BCUT2D eigenvalue weighted by Gasteiger charge is -2.71. The zero-order valence-corrected chi connectivity index (χ0v) is 33.1. The van der Waals surface area contributed by atoms with Gasteiger partial charge in [-0.15, -0.1) is 0 Å². The Labute approximate surface area is 327 Å². The average molecular weight is 745 g/mol. The van der Waals surface area contributed by atoms with Gasteiger partial charge >= 0.3 is 6.03 Å². The Morgan fingerprint density at radius 2 is 1.44 bits per heavy atom. The van der Waals surface area contributed by atoms with Crippen molar-refractivity contribution in [2.45, 2.75) is 109 Å². The van der Waals surface area contributed by atoms with Gasteiger partial charge in [0.15, 0.2) is 5.78 Å². The van der Waals surface area contributed by atoms with E-state index in [1.807, 2.05) is 59.5 Å². The summed E-state index contributed by atoms with van der Waals surface area (Å²) in [5.74, 6) is 3.30. The Morgan fingerprint density at radius 1 is 0.800 bits per heavy atom. The quantitative estimate of drug-likeness (QED) is 0.185. The summed E-state index contributed by atoms with van der Waals surface area (Å²) in [5.41, 5.74) is -0.292. The summed E-state index contributed by atoms with van der Waals surface area (Å²) in [6, 6.07) is 17.1. The molecule has 7 saturated carbocycles. The summed E-state index contributed by atoms with van der Waals surface area (Å²) >= 11 is 0. The van der Waals surface area contributed by atoms with Gasteiger partial charge in [-0.25, -0.2) is 4.79 Å². The lowest BCUT2D eigenvalue weighted by molar-refractivity contribution is -0.176. The molecule has 2 amide bonds. The Balaban J connectivity index is 1.03. The minimum atomic E-state index is -1.12. The van der Waals surface area contributed by atoms with E-state index >= 15 is 4.79 Å². The second-order valence-electron chi connectivity index (χ2n) is 20.4. The maximum absolute atomic E-state index is 15.0. The maximum Gasteiger partial charge on any atom is 0.321 e. The molecular formula is C48H60N2O5. The first-order chi connectivity index (χ1) is 26.3. The molecule has 292 valence electrons. The number of nitrogens with one attached hydrogen (secondary N) is 1. The van der Waals surface area contributed by atoms with Gasteiger partial charge in [-0.1, -0.05) is 50.3 Å². The minimum Gasteiger partial charge on any atom is -0.497 e. The van der Waals surface area contributed by atoms with Crippen LogP contribution in [0, 0.1) is 56.7 Å². The molecule has 2 aromatic rings. The topological polar surface area (TPSA) is 99.1 Å². The van der Waals surface area contributed by atoms with Crippen LogP contribution >= 0.6 is 0 Å². The summed E-state index contributed by atoms with van der Waals surface area (Å²) in [6.45, 7) is 5.71. The van der Waals surface area contributed by atoms with Crippen LogP contribution in [-0.2, 0) is 0 Å². The molecule has 7 fully saturated rings. The first-order valence-electron chi connectivity index (χ1n) is 21.5. The molecule has 8 atom stereocenters. The molecule has 2 aromatic carbocycles. The van der Waals surface area contributed by atoms with Crippen molar-refractivity contribution >= 4 is 17.5 Å². The zero-order chi connectivity index (χ0) is 38.0. The summed E-state index contributed by atoms with van der Waals surface area (Å²) in [4.78, 5) is 31.6. The van der Waals surface area contributed by atoms with Crippen LogP contribution in [0.1, 0.15) is 108 Å². The molecule has 7 heteroatoms. The number of carbonyl (C=O) groups is 2. The third-order valence-electron chi connectivity index (χ3n) is 17.8. The van der Waals surface area contributed by atoms with E-state index in [0.717, 1.165) is 61.1 Å². The van der Waals surface area contributed by atoms with E-state index in [4.69, 9.17) is 4.74 Å². The molecule has 10 aliphatic carbocycles. The molecule has 0 aliphatic heterocycles. The molecule has 10 aliphatic rings. The van der Waals surface area contributed by atoms with Crippen LogP contribution in [0.5, 0.6) is 5.75 Å². The number of ether oxygens (including phenoxy) is 1. The largest absolute Gasteiger partial charge is 0.497 e. The number of hydrogen-bond acceptors (Lipinski definition) is 5. The fourth-order valence-electron chi connectivity index (χ4n) is 15.6. The molecule has 0 aromatic heterocycles. The number of urea groups is 1. The van der Waals surface area contributed by atoms with Crippen LogP contribution in [0.4, 0.5) is 10.5 Å². The van der Waals surface area contributed by atoms with E-state index in [1.165, 1.54) is 38.5 Å². The number of fused-ring (bicyclic) bond motifs is 1. The number of methoxy groups -OCH3 is 1. The highest BCUT2D eigenvalue weighted by Gasteiger charge is 2.74. The second kappa shape index (κ2) is 12.3. The van der Waals surface area contributed by atoms with Crippen molar-refractivity contribution < 1.29 is 24.5 Å². The number of benzene rings is 2. The van der Waals surface area contributed by atoms with Gasteiger partial charge in [0.05, 0.1) is 25.4 Å². The van der Waals surface area contributed by atoms with Gasteiger partial charge in [-0.3, -0.25) is 4.79 Å². The number of ketones is 1. The van der Waals surface area contributed by atoms with Gasteiger partial charge < -0.3 is 25.2 Å². The molecule has 0 heterocycles. The van der Waals surface area contributed by atoms with Crippen molar-refractivity contribution in [1.29, 1.82) is 0 Å². The molecule has 7 nitrogen and oxygen atoms in total. The highest BCUT2D eigenvalue weighted by molar-refractivity contribution is 6.10. The summed E-state index contributed by atoms with van der Waals surface area (Å²) in [5, 5.41) is 27.7. The number of hydrogen-bond donors (Lipinski definition) is 3. The molecule has 0 saturated heterocycles. The van der Waals surface area contributed by atoms with Crippen LogP contribution in [0.2, 0.25) is 0 Å². The van der Waals surface area contributed by atoms with E-state index < -0.39 is 22.5 Å². The normalized spacial score (nSPS) is 44.3. The number of aliphatic hydroxyl groups is 2. The van der Waals surface area contributed by atoms with Crippen LogP contribution in [0.25, 0.3) is 0 Å². The Hall–Kier alpha value is -3.42. The van der Waals surface area contributed by atoms with Gasteiger partial charge in [-0.05, 0) is 160 Å².